The van der Waals surface area contributed by atoms with Crippen molar-refractivity contribution in [1.82, 2.24) is 15.1 Å². The number of anilines is 1. The lowest BCUT2D eigenvalue weighted by Crippen LogP contribution is -2.42. The van der Waals surface area contributed by atoms with E-state index in [-0.39, 0.29) is 22.8 Å². The average molecular weight is 479 g/mol. The minimum absolute atomic E-state index is 0.108. The number of amides is 2. The Morgan fingerprint density at radius 2 is 1.61 bits per heavy atom. The normalized spacial score (nSPS) is 11.8. The molecular formula is C23H22ClF3N4O2. The van der Waals surface area contributed by atoms with E-state index in [9.17, 15) is 22.8 Å². The predicted octanol–water partition coefficient (Wildman–Crippen LogP) is 5.72. The Labute approximate surface area is 193 Å². The number of hydrogen-bond acceptors (Lipinski definition) is 3. The first kappa shape index (κ1) is 24.3. The molecule has 0 fully saturated rings. The number of nitrogens with one attached hydrogen (secondary N) is 2. The summed E-state index contributed by atoms with van der Waals surface area (Å²) < 4.78 is 42.1. The van der Waals surface area contributed by atoms with E-state index in [1.54, 1.807) is 0 Å². The van der Waals surface area contributed by atoms with Gasteiger partial charge in [0, 0.05) is 21.8 Å². The molecular weight excluding hydrogens is 457 g/mol. The number of carbonyl (C=O) groups excluding carboxylic acids is 2. The van der Waals surface area contributed by atoms with Crippen molar-refractivity contribution in [2.45, 2.75) is 38.9 Å². The van der Waals surface area contributed by atoms with E-state index in [0.29, 0.717) is 15.3 Å². The van der Waals surface area contributed by atoms with Crippen LogP contribution in [-0.4, -0.2) is 27.1 Å². The molecule has 0 spiro atoms. The number of aromatic nitrogens is 2. The Kier molecular flexibility index (Phi) is 6.83. The third kappa shape index (κ3) is 5.73. The van der Waals surface area contributed by atoms with E-state index in [1.165, 1.54) is 48.5 Å². The molecule has 6 nitrogen and oxygen atoms in total. The summed E-state index contributed by atoms with van der Waals surface area (Å²) in [5, 5.41) is 9.43. The van der Waals surface area contributed by atoms with Crippen molar-refractivity contribution in [3.05, 3.63) is 76.6 Å². The molecule has 174 valence electrons. The highest BCUT2D eigenvalue weighted by atomic mass is 35.5. The molecule has 3 aromatic rings. The summed E-state index contributed by atoms with van der Waals surface area (Å²) in [6, 6.07) is 11.5. The molecule has 33 heavy (non-hydrogen) atoms. The van der Waals surface area contributed by atoms with Crippen molar-refractivity contribution in [3.8, 4) is 5.69 Å². The van der Waals surface area contributed by atoms with E-state index >= 15 is 0 Å². The maximum atomic E-state index is 13.8. The van der Waals surface area contributed by atoms with Gasteiger partial charge in [0.2, 0.25) is 0 Å². The maximum absolute atomic E-state index is 13.8. The number of alkyl halides is 3. The van der Waals surface area contributed by atoms with Crippen molar-refractivity contribution in [1.29, 1.82) is 0 Å². The van der Waals surface area contributed by atoms with Crippen LogP contribution < -0.4 is 10.6 Å². The zero-order valence-electron chi connectivity index (χ0n) is 18.1. The molecule has 0 unspecified atom stereocenters. The minimum atomic E-state index is -4.84. The Hall–Kier alpha value is -3.33. The molecule has 1 aromatic heterocycles. The molecule has 0 aliphatic carbocycles. The van der Waals surface area contributed by atoms with Crippen molar-refractivity contribution < 1.29 is 22.8 Å². The van der Waals surface area contributed by atoms with Gasteiger partial charge < -0.3 is 10.6 Å². The van der Waals surface area contributed by atoms with Crippen LogP contribution in [0.1, 0.15) is 53.6 Å². The predicted molar refractivity (Wildman–Crippen MR) is 120 cm³/mol. The molecule has 3 rings (SSSR count). The fraction of sp³-hybridized carbons (Fsp3) is 0.261. The summed E-state index contributed by atoms with van der Waals surface area (Å²) in [7, 11) is 0. The average Bonchev–Trinajstić information content (AvgIpc) is 3.20. The number of hydrogen-bond donors (Lipinski definition) is 2. The Morgan fingerprint density at radius 3 is 2.15 bits per heavy atom. The van der Waals surface area contributed by atoms with Crippen molar-refractivity contribution in [3.63, 3.8) is 0 Å². The van der Waals surface area contributed by atoms with Crippen LogP contribution in [0.15, 0.2) is 54.7 Å². The lowest BCUT2D eigenvalue weighted by molar-refractivity contribution is -0.143. The molecule has 10 heteroatoms. The van der Waals surface area contributed by atoms with E-state index in [1.807, 2.05) is 20.8 Å². The maximum Gasteiger partial charge on any atom is 0.434 e. The molecule has 1 heterocycles. The van der Waals surface area contributed by atoms with Crippen LogP contribution in [0, 0.1) is 0 Å². The van der Waals surface area contributed by atoms with Gasteiger partial charge in [-0.05, 0) is 68.8 Å². The highest BCUT2D eigenvalue weighted by Crippen LogP contribution is 2.34. The van der Waals surface area contributed by atoms with Crippen LogP contribution in [0.4, 0.5) is 18.9 Å². The topological polar surface area (TPSA) is 76.0 Å². The first-order valence-electron chi connectivity index (χ1n) is 10.1. The molecule has 2 aromatic carbocycles. The van der Waals surface area contributed by atoms with Gasteiger partial charge in [-0.1, -0.05) is 18.5 Å². The molecule has 0 aliphatic heterocycles. The Bertz CT molecular complexity index is 1150. The second-order valence-electron chi connectivity index (χ2n) is 8.02. The summed E-state index contributed by atoms with van der Waals surface area (Å²) in [5.41, 5.74) is -1.53. The van der Waals surface area contributed by atoms with Gasteiger partial charge in [-0.25, -0.2) is 4.68 Å². The second kappa shape index (κ2) is 9.27. The third-order valence-corrected chi connectivity index (χ3v) is 5.35. The summed E-state index contributed by atoms with van der Waals surface area (Å²) in [5.74, 6) is -1.27. The highest BCUT2D eigenvalue weighted by Gasteiger charge is 2.40. The van der Waals surface area contributed by atoms with Gasteiger partial charge in [-0.15, -0.1) is 0 Å². The van der Waals surface area contributed by atoms with Crippen molar-refractivity contribution in [2.24, 2.45) is 0 Å². The Balaban J connectivity index is 1.83. The van der Waals surface area contributed by atoms with Crippen LogP contribution in [0.3, 0.4) is 0 Å². The van der Waals surface area contributed by atoms with Gasteiger partial charge in [0.05, 0.1) is 17.4 Å². The quantitative estimate of drug-likeness (QED) is 0.476. The molecule has 2 N–H and O–H groups in total. The van der Waals surface area contributed by atoms with Gasteiger partial charge in [-0.2, -0.15) is 18.3 Å². The number of benzene rings is 2. The SMILES string of the molecule is CCC(C)(C)NC(=O)c1ccc(NC(=O)c2cnn(-c3ccc(Cl)cc3)c2C(F)(F)F)cc1. The molecule has 0 saturated heterocycles. The number of carbonyl (C=O) groups is 2. The second-order valence-corrected chi connectivity index (χ2v) is 8.45. The number of halogens is 4. The summed E-state index contributed by atoms with van der Waals surface area (Å²) in [6.07, 6.45) is -3.24. The minimum Gasteiger partial charge on any atom is -0.347 e. The van der Waals surface area contributed by atoms with Crippen molar-refractivity contribution in [2.75, 3.05) is 5.32 Å². The van der Waals surface area contributed by atoms with Crippen LogP contribution in [-0.2, 0) is 6.18 Å². The van der Waals surface area contributed by atoms with E-state index in [0.717, 1.165) is 12.6 Å². The smallest absolute Gasteiger partial charge is 0.347 e. The zero-order chi connectivity index (χ0) is 24.4. The highest BCUT2D eigenvalue weighted by molar-refractivity contribution is 6.30. The first-order valence-corrected chi connectivity index (χ1v) is 10.4. The summed E-state index contributed by atoms with van der Waals surface area (Å²) in [4.78, 5) is 25.0. The van der Waals surface area contributed by atoms with Gasteiger partial charge in [0.1, 0.15) is 0 Å². The fourth-order valence-corrected chi connectivity index (χ4v) is 3.06. The van der Waals surface area contributed by atoms with E-state index in [4.69, 9.17) is 11.6 Å². The molecule has 0 aliphatic rings. The monoisotopic (exact) mass is 478 g/mol. The van der Waals surface area contributed by atoms with E-state index in [2.05, 4.69) is 15.7 Å². The van der Waals surface area contributed by atoms with Gasteiger partial charge in [0.15, 0.2) is 5.69 Å². The standard InChI is InChI=1S/C23H22ClF3N4O2/c1-4-22(2,3)30-20(32)14-5-9-16(10-6-14)29-21(33)18-13-28-31(19(18)23(25,26)27)17-11-7-15(24)8-12-17/h5-13H,4H2,1-3H3,(H,29,33)(H,30,32). The summed E-state index contributed by atoms with van der Waals surface area (Å²) >= 11 is 5.80. The lowest BCUT2D eigenvalue weighted by atomic mass is 10.0. The summed E-state index contributed by atoms with van der Waals surface area (Å²) in [6.45, 7) is 5.73. The Morgan fingerprint density at radius 1 is 1.00 bits per heavy atom. The molecule has 0 bridgehead atoms. The molecule has 0 saturated carbocycles. The number of nitrogens with zero attached hydrogens (tertiary/aromatic N) is 2. The lowest BCUT2D eigenvalue weighted by Gasteiger charge is -2.24. The fourth-order valence-electron chi connectivity index (χ4n) is 2.94. The van der Waals surface area contributed by atoms with Crippen LogP contribution in [0.5, 0.6) is 0 Å². The van der Waals surface area contributed by atoms with Crippen LogP contribution >= 0.6 is 11.6 Å². The molecule has 2 amide bonds. The van der Waals surface area contributed by atoms with Gasteiger partial charge >= 0.3 is 6.18 Å². The number of rotatable bonds is 6. The van der Waals surface area contributed by atoms with Crippen LogP contribution in [0.25, 0.3) is 5.69 Å². The zero-order valence-corrected chi connectivity index (χ0v) is 18.9. The van der Waals surface area contributed by atoms with E-state index < -0.39 is 23.3 Å². The van der Waals surface area contributed by atoms with Gasteiger partial charge in [0.25, 0.3) is 11.8 Å². The van der Waals surface area contributed by atoms with Gasteiger partial charge in [-0.3, -0.25) is 9.59 Å². The first-order chi connectivity index (χ1) is 15.4. The molecule has 0 radical (unpaired) electrons. The third-order valence-electron chi connectivity index (χ3n) is 5.09. The van der Waals surface area contributed by atoms with Crippen LogP contribution in [0.2, 0.25) is 5.02 Å². The largest absolute Gasteiger partial charge is 0.434 e. The van der Waals surface area contributed by atoms with Crippen molar-refractivity contribution >= 4 is 29.1 Å². The molecule has 0 atom stereocenters.